The maximum atomic E-state index is 10.4. The predicted octanol–water partition coefficient (Wildman–Crippen LogP) is 3.30. The smallest absolute Gasteiger partial charge is 1.00 e. The topological polar surface area (TPSA) is 141 Å². The van der Waals surface area contributed by atoms with E-state index in [0.29, 0.717) is 0 Å². The minimum Gasteiger partial charge on any atom is -1.00 e. The predicted molar refractivity (Wildman–Crippen MR) is 153 cm³/mol. The van der Waals surface area contributed by atoms with Gasteiger partial charge in [0, 0.05) is 0 Å². The van der Waals surface area contributed by atoms with Gasteiger partial charge in [-0.25, -0.2) is 4.57 Å². The Kier molecular flexibility index (Phi) is 52.4. The Morgan fingerprint density at radius 2 is 0.737 bits per heavy atom. The molecule has 0 amide bonds. The summed E-state index contributed by atoms with van der Waals surface area (Å²) in [5.41, 5.74) is 0. The third-order valence-electron chi connectivity index (χ3n) is 5.71. The molecule has 0 aromatic heterocycles. The second kappa shape index (κ2) is 39.6. The van der Waals surface area contributed by atoms with Gasteiger partial charge in [-0.15, -0.1) is 0 Å². The van der Waals surface area contributed by atoms with Crippen LogP contribution in [0.4, 0.5) is 0 Å². The van der Waals surface area contributed by atoms with Gasteiger partial charge in [0.1, 0.15) is 0 Å². The number of hydrogen-bond acceptors (Lipinski definition) is 4. The van der Waals surface area contributed by atoms with Crippen molar-refractivity contribution in [2.45, 2.75) is 162 Å². The van der Waals surface area contributed by atoms with Gasteiger partial charge in [0.15, 0.2) is 0 Å². The normalized spacial score (nSPS) is 10.8. The van der Waals surface area contributed by atoms with E-state index in [4.69, 9.17) is 27.3 Å². The first-order valence-corrected chi connectivity index (χ1v) is 17.3. The van der Waals surface area contributed by atoms with Crippen LogP contribution in [0.5, 0.6) is 0 Å². The van der Waals surface area contributed by atoms with Crippen LogP contribution in [0.3, 0.4) is 0 Å². The van der Waals surface area contributed by atoms with Crippen molar-refractivity contribution in [3.8, 4) is 0 Å². The van der Waals surface area contributed by atoms with Crippen LogP contribution >= 0.6 is 7.82 Å². The van der Waals surface area contributed by atoms with E-state index in [0.717, 1.165) is 19.3 Å². The van der Waals surface area contributed by atoms with Crippen LogP contribution in [0.25, 0.3) is 0 Å². The minimum absolute atomic E-state index is 0. The summed E-state index contributed by atoms with van der Waals surface area (Å²) in [5, 5.41) is 0. The van der Waals surface area contributed by atoms with Crippen LogP contribution in [0.15, 0.2) is 0 Å². The van der Waals surface area contributed by atoms with Gasteiger partial charge in [0.05, 0.1) is 6.61 Å². The molecule has 38 heavy (non-hydrogen) atoms. The molecular weight excluding hydrogens is 565 g/mol. The average Bonchev–Trinajstić information content (AvgIpc) is 2.77. The molecule has 12 heteroatoms. The fourth-order valence-electron chi connectivity index (χ4n) is 3.69. The second-order valence-corrected chi connectivity index (χ2v) is 11.6. The van der Waals surface area contributed by atoms with Crippen molar-refractivity contribution in [2.24, 2.45) is 0 Å². The van der Waals surface area contributed by atoms with E-state index in [2.05, 4.69) is 25.3 Å². The van der Waals surface area contributed by atoms with E-state index in [1.165, 1.54) is 122 Å². The molecule has 226 valence electrons. The average molecular weight is 627 g/mol. The van der Waals surface area contributed by atoms with Crippen LogP contribution < -0.4 is 80.9 Å². The van der Waals surface area contributed by atoms with Gasteiger partial charge in [-0.1, -0.05) is 156 Å². The molecule has 0 aromatic carbocycles. The van der Waals surface area contributed by atoms with Gasteiger partial charge >= 0.3 is 99.2 Å². The Bertz CT molecular complexity index is 557. The standard InChI is InChI=1S/C14H30.C12H27O4P.K.Na.H2O4S.2H/c1-3-5-7-9-11-13-14-12-10-8-6-4-2;1-2-3-4-5-6-7-8-9-10-11-12-16-17(13,14)15;;;1-5(2,3)4;;/h3-14H2,1-2H3;2-12H2,1H3,(H2,13,14,15);;;(H2,1,2,3,4);;/q;;2*+1;;2*-1. The quantitative estimate of drug-likeness (QED) is 0.0586. The first-order valence-electron chi connectivity index (χ1n) is 14.4. The Labute approximate surface area is 303 Å². The summed E-state index contributed by atoms with van der Waals surface area (Å²) < 4.78 is 46.3. The van der Waals surface area contributed by atoms with Crippen LogP contribution in [0, 0.1) is 0 Å². The molecule has 0 atom stereocenters. The number of hydrogen-bond donors (Lipinski definition) is 4. The Balaban J connectivity index is -0.0000000865. The van der Waals surface area contributed by atoms with Crippen molar-refractivity contribution in [1.29, 1.82) is 0 Å². The third kappa shape index (κ3) is 71.6. The molecule has 0 unspecified atom stereocenters. The molecule has 0 aromatic rings. The summed E-state index contributed by atoms with van der Waals surface area (Å²) in [4.78, 5) is 16.9. The van der Waals surface area contributed by atoms with Gasteiger partial charge in [0.2, 0.25) is 0 Å². The molecule has 0 saturated heterocycles. The summed E-state index contributed by atoms with van der Waals surface area (Å²) in [6.07, 6.45) is 29.5. The molecule has 0 bridgehead atoms. The van der Waals surface area contributed by atoms with Crippen molar-refractivity contribution in [3.05, 3.63) is 0 Å². The maximum Gasteiger partial charge on any atom is 1.00 e. The fraction of sp³-hybridized carbons (Fsp3) is 1.00. The first kappa shape index (κ1) is 50.3. The Morgan fingerprint density at radius 3 is 0.921 bits per heavy atom. The molecule has 0 saturated carbocycles. The van der Waals surface area contributed by atoms with Crippen LogP contribution in [0.2, 0.25) is 0 Å². The molecule has 0 spiro atoms. The Morgan fingerprint density at radius 1 is 0.553 bits per heavy atom. The van der Waals surface area contributed by atoms with E-state index in [1.54, 1.807) is 0 Å². The van der Waals surface area contributed by atoms with E-state index in [1.807, 2.05) is 0 Å². The van der Waals surface area contributed by atoms with Crippen LogP contribution in [-0.2, 0) is 19.5 Å². The molecule has 8 nitrogen and oxygen atoms in total. The zero-order valence-corrected chi connectivity index (χ0v) is 32.4. The SMILES string of the molecule is CCCCCCCCCCCCCC.CCCCCCCCCCCCOP(=O)(O)O.O=S(=O)(O)O.[H-].[H-].[K+].[Na+]. The van der Waals surface area contributed by atoms with E-state index < -0.39 is 18.2 Å². The van der Waals surface area contributed by atoms with Gasteiger partial charge in [0.25, 0.3) is 0 Å². The molecule has 0 aliphatic rings. The molecule has 4 N–H and O–H groups in total. The maximum absolute atomic E-state index is 10.4. The summed E-state index contributed by atoms with van der Waals surface area (Å²) in [5.74, 6) is 0. The van der Waals surface area contributed by atoms with Crippen LogP contribution in [0.1, 0.15) is 165 Å². The zero-order chi connectivity index (χ0) is 28.0. The van der Waals surface area contributed by atoms with Gasteiger partial charge in [-0.3, -0.25) is 13.6 Å². The summed E-state index contributed by atoms with van der Waals surface area (Å²) >= 11 is 0. The molecule has 0 aliphatic carbocycles. The minimum atomic E-state index is -4.67. The number of phosphoric ester groups is 1. The molecule has 0 heterocycles. The van der Waals surface area contributed by atoms with Crippen molar-refractivity contribution in [3.63, 3.8) is 0 Å². The molecule has 0 fully saturated rings. The van der Waals surface area contributed by atoms with Crippen molar-refractivity contribution in [2.75, 3.05) is 6.61 Å². The Hall–Kier alpha value is 2.62. The number of phosphoric acid groups is 1. The summed E-state index contributed by atoms with van der Waals surface area (Å²) in [6, 6.07) is 0. The van der Waals surface area contributed by atoms with Crippen molar-refractivity contribution in [1.82, 2.24) is 0 Å². The largest absolute Gasteiger partial charge is 1.00 e. The van der Waals surface area contributed by atoms with Gasteiger partial charge in [-0.2, -0.15) is 8.42 Å². The van der Waals surface area contributed by atoms with E-state index in [-0.39, 0.29) is 90.4 Å². The van der Waals surface area contributed by atoms with Crippen molar-refractivity contribution >= 4 is 18.2 Å². The molecule has 0 rings (SSSR count). The monoisotopic (exact) mass is 626 g/mol. The number of unbranched alkanes of at least 4 members (excludes halogenated alkanes) is 20. The first-order chi connectivity index (χ1) is 17.0. The number of rotatable bonds is 23. The van der Waals surface area contributed by atoms with Crippen LogP contribution in [-0.4, -0.2) is 33.9 Å². The molecule has 0 aliphatic heterocycles. The van der Waals surface area contributed by atoms with Gasteiger partial charge < -0.3 is 12.6 Å². The molecule has 0 radical (unpaired) electrons. The van der Waals surface area contributed by atoms with Crippen molar-refractivity contribution < 1.29 is 120 Å². The second-order valence-electron chi connectivity index (χ2n) is 9.49. The molecular formula is C26H61KNaO8PS. The summed E-state index contributed by atoms with van der Waals surface area (Å²) in [7, 11) is -8.91. The van der Waals surface area contributed by atoms with E-state index in [9.17, 15) is 4.57 Å². The van der Waals surface area contributed by atoms with E-state index >= 15 is 0 Å². The fourth-order valence-corrected chi connectivity index (χ4v) is 4.05. The zero-order valence-electron chi connectivity index (χ0n) is 27.5. The van der Waals surface area contributed by atoms with Gasteiger partial charge in [-0.05, 0) is 6.42 Å². The summed E-state index contributed by atoms with van der Waals surface area (Å²) in [6.45, 7) is 6.96. The third-order valence-corrected chi connectivity index (χ3v) is 6.23.